The van der Waals surface area contributed by atoms with Gasteiger partial charge in [-0.2, -0.15) is 0 Å². The first-order valence-electron chi connectivity index (χ1n) is 7.93. The predicted molar refractivity (Wildman–Crippen MR) is 107 cm³/mol. The number of rotatable bonds is 4. The van der Waals surface area contributed by atoms with Crippen molar-refractivity contribution in [3.8, 4) is 11.4 Å². The molecule has 0 fully saturated rings. The van der Waals surface area contributed by atoms with E-state index in [0.29, 0.717) is 15.2 Å². The van der Waals surface area contributed by atoms with E-state index in [1.54, 1.807) is 17.8 Å². The Hall–Kier alpha value is -1.49. The van der Waals surface area contributed by atoms with Gasteiger partial charge in [0, 0.05) is 11.3 Å². The monoisotopic (exact) mass is 391 g/mol. The zero-order valence-electron chi connectivity index (χ0n) is 14.3. The highest BCUT2D eigenvalue weighted by Crippen LogP contribution is 2.28. The Morgan fingerprint density at radius 3 is 2.36 bits per heavy atom. The van der Waals surface area contributed by atoms with Crippen LogP contribution in [0.5, 0.6) is 0 Å². The molecule has 6 heteroatoms. The Morgan fingerprint density at radius 1 is 1.00 bits per heavy atom. The highest BCUT2D eigenvalue weighted by atomic mass is 35.5. The molecule has 0 spiro atoms. The average molecular weight is 392 g/mol. The highest BCUT2D eigenvalue weighted by Gasteiger charge is 2.14. The van der Waals surface area contributed by atoms with Gasteiger partial charge in [-0.1, -0.05) is 86.1 Å². The molecule has 0 radical (unpaired) electrons. The van der Waals surface area contributed by atoms with Gasteiger partial charge in [0.05, 0.1) is 10.0 Å². The van der Waals surface area contributed by atoms with Crippen LogP contribution in [0.25, 0.3) is 11.4 Å². The van der Waals surface area contributed by atoms with Crippen LogP contribution in [-0.2, 0) is 11.2 Å². The Balaban J connectivity index is 1.68. The van der Waals surface area contributed by atoms with E-state index in [4.69, 9.17) is 23.2 Å². The van der Waals surface area contributed by atoms with E-state index in [0.717, 1.165) is 22.7 Å². The summed E-state index contributed by atoms with van der Waals surface area (Å²) in [6, 6.07) is 14.1. The zero-order chi connectivity index (χ0) is 18.0. The largest absolute Gasteiger partial charge is 0.258 e. The van der Waals surface area contributed by atoms with Gasteiger partial charge in [-0.05, 0) is 28.7 Å². The van der Waals surface area contributed by atoms with Gasteiger partial charge in [-0.15, -0.1) is 5.10 Å². The molecule has 1 heterocycles. The first-order valence-corrected chi connectivity index (χ1v) is 9.67. The SMILES string of the molecule is CC(C)(C)c1ccc(-c2nc(SCc3ccc(Cl)c(Cl)c3)n[nH]2)cc1. The van der Waals surface area contributed by atoms with Gasteiger partial charge < -0.3 is 0 Å². The summed E-state index contributed by atoms with van der Waals surface area (Å²) >= 11 is 13.5. The molecular weight excluding hydrogens is 373 g/mol. The number of H-pyrrole nitrogens is 1. The second kappa shape index (κ2) is 7.40. The number of halogens is 2. The van der Waals surface area contributed by atoms with Crippen molar-refractivity contribution in [1.82, 2.24) is 15.2 Å². The van der Waals surface area contributed by atoms with Gasteiger partial charge in [-0.25, -0.2) is 4.98 Å². The molecular formula is C19H19Cl2N3S. The molecule has 25 heavy (non-hydrogen) atoms. The molecule has 0 bridgehead atoms. The van der Waals surface area contributed by atoms with Gasteiger partial charge in [0.2, 0.25) is 5.16 Å². The van der Waals surface area contributed by atoms with E-state index in [1.165, 1.54) is 5.56 Å². The number of hydrogen-bond donors (Lipinski definition) is 1. The number of nitrogens with zero attached hydrogens (tertiary/aromatic N) is 2. The van der Waals surface area contributed by atoms with Crippen LogP contribution in [0, 0.1) is 0 Å². The van der Waals surface area contributed by atoms with Crippen molar-refractivity contribution in [2.24, 2.45) is 0 Å². The third kappa shape index (κ3) is 4.57. The van der Waals surface area contributed by atoms with Gasteiger partial charge in [0.1, 0.15) is 0 Å². The Kier molecular flexibility index (Phi) is 5.42. The van der Waals surface area contributed by atoms with Crippen LogP contribution in [-0.4, -0.2) is 15.2 Å². The molecule has 1 aromatic heterocycles. The minimum atomic E-state index is 0.140. The van der Waals surface area contributed by atoms with Crippen LogP contribution < -0.4 is 0 Å². The van der Waals surface area contributed by atoms with E-state index in [1.807, 2.05) is 12.1 Å². The fourth-order valence-electron chi connectivity index (χ4n) is 2.35. The molecule has 2 aromatic carbocycles. The molecule has 3 aromatic rings. The lowest BCUT2D eigenvalue weighted by molar-refractivity contribution is 0.590. The number of thioether (sulfide) groups is 1. The molecule has 0 saturated heterocycles. The Labute approximate surface area is 162 Å². The molecule has 0 aliphatic carbocycles. The molecule has 0 aliphatic heterocycles. The molecule has 0 aliphatic rings. The fourth-order valence-corrected chi connectivity index (χ4v) is 3.41. The topological polar surface area (TPSA) is 41.6 Å². The predicted octanol–water partition coefficient (Wildman–Crippen LogP) is 6.37. The molecule has 0 unspecified atom stereocenters. The second-order valence-corrected chi connectivity index (χ2v) is 8.59. The Bertz CT molecular complexity index is 867. The summed E-state index contributed by atoms with van der Waals surface area (Å²) in [5.74, 6) is 1.51. The summed E-state index contributed by atoms with van der Waals surface area (Å²) in [6.45, 7) is 6.61. The molecule has 0 amide bonds. The average Bonchev–Trinajstić information content (AvgIpc) is 3.04. The fraction of sp³-hybridized carbons (Fsp3) is 0.263. The zero-order valence-corrected chi connectivity index (χ0v) is 16.6. The molecule has 1 N–H and O–H groups in total. The standard InChI is InChI=1S/C19H19Cl2N3S/c1-19(2,3)14-7-5-13(6-8-14)17-22-18(24-23-17)25-11-12-4-9-15(20)16(21)10-12/h4-10H,11H2,1-3H3,(H,22,23,24). The number of aromatic nitrogens is 3. The molecule has 3 nitrogen and oxygen atoms in total. The molecule has 0 saturated carbocycles. The van der Waals surface area contributed by atoms with Crippen molar-refractivity contribution in [2.75, 3.05) is 0 Å². The van der Waals surface area contributed by atoms with E-state index < -0.39 is 0 Å². The maximum atomic E-state index is 6.05. The molecule has 130 valence electrons. The van der Waals surface area contributed by atoms with Crippen LogP contribution in [0.4, 0.5) is 0 Å². The first-order chi connectivity index (χ1) is 11.8. The maximum Gasteiger partial charge on any atom is 0.209 e. The summed E-state index contributed by atoms with van der Waals surface area (Å²) in [5.41, 5.74) is 3.55. The molecule has 3 rings (SSSR count). The summed E-state index contributed by atoms with van der Waals surface area (Å²) < 4.78 is 0. The third-order valence-electron chi connectivity index (χ3n) is 3.84. The summed E-state index contributed by atoms with van der Waals surface area (Å²) in [4.78, 5) is 4.56. The van der Waals surface area contributed by atoms with Crippen molar-refractivity contribution in [2.45, 2.75) is 37.1 Å². The summed E-state index contributed by atoms with van der Waals surface area (Å²) in [5, 5.41) is 9.13. The van der Waals surface area contributed by atoms with Crippen molar-refractivity contribution in [3.63, 3.8) is 0 Å². The van der Waals surface area contributed by atoms with Gasteiger partial charge in [0.25, 0.3) is 0 Å². The van der Waals surface area contributed by atoms with Gasteiger partial charge >= 0.3 is 0 Å². The third-order valence-corrected chi connectivity index (χ3v) is 5.50. The van der Waals surface area contributed by atoms with Crippen molar-refractivity contribution < 1.29 is 0 Å². The van der Waals surface area contributed by atoms with E-state index in [2.05, 4.69) is 60.2 Å². The van der Waals surface area contributed by atoms with Crippen molar-refractivity contribution in [3.05, 3.63) is 63.6 Å². The minimum absolute atomic E-state index is 0.140. The molecule has 0 atom stereocenters. The van der Waals surface area contributed by atoms with Crippen LogP contribution >= 0.6 is 35.0 Å². The van der Waals surface area contributed by atoms with Gasteiger partial charge in [-0.3, -0.25) is 5.10 Å². The quantitative estimate of drug-likeness (QED) is 0.525. The van der Waals surface area contributed by atoms with Crippen LogP contribution in [0.15, 0.2) is 47.6 Å². The van der Waals surface area contributed by atoms with Crippen molar-refractivity contribution >= 4 is 35.0 Å². The highest BCUT2D eigenvalue weighted by molar-refractivity contribution is 7.98. The normalized spacial score (nSPS) is 11.7. The maximum absolute atomic E-state index is 6.05. The number of nitrogens with one attached hydrogen (secondary N) is 1. The number of benzene rings is 2. The lowest BCUT2D eigenvalue weighted by atomic mass is 9.87. The summed E-state index contributed by atoms with van der Waals surface area (Å²) in [7, 11) is 0. The lowest BCUT2D eigenvalue weighted by Gasteiger charge is -2.18. The smallest absolute Gasteiger partial charge is 0.209 e. The van der Waals surface area contributed by atoms with E-state index in [-0.39, 0.29) is 5.41 Å². The lowest BCUT2D eigenvalue weighted by Crippen LogP contribution is -2.10. The first kappa shape index (κ1) is 18.3. The van der Waals surface area contributed by atoms with Crippen LogP contribution in [0.1, 0.15) is 31.9 Å². The summed E-state index contributed by atoms with van der Waals surface area (Å²) in [6.07, 6.45) is 0. The van der Waals surface area contributed by atoms with E-state index in [9.17, 15) is 0 Å². The van der Waals surface area contributed by atoms with Crippen molar-refractivity contribution in [1.29, 1.82) is 0 Å². The van der Waals surface area contributed by atoms with E-state index >= 15 is 0 Å². The number of hydrogen-bond acceptors (Lipinski definition) is 3. The Morgan fingerprint density at radius 2 is 1.72 bits per heavy atom. The second-order valence-electron chi connectivity index (χ2n) is 6.83. The van der Waals surface area contributed by atoms with Crippen LogP contribution in [0.2, 0.25) is 10.0 Å². The number of aromatic amines is 1. The van der Waals surface area contributed by atoms with Crippen LogP contribution in [0.3, 0.4) is 0 Å². The minimum Gasteiger partial charge on any atom is -0.258 e. The van der Waals surface area contributed by atoms with Gasteiger partial charge in [0.15, 0.2) is 5.82 Å².